The van der Waals surface area contributed by atoms with Gasteiger partial charge in [-0.3, -0.25) is 0 Å². The topological polar surface area (TPSA) is 83.5 Å². The molecule has 4 heteroatoms. The number of phenolic OH excluding ortho intramolecular Hbond substituents is 1. The number of carboxylic acids is 1. The van der Waals surface area contributed by atoms with Gasteiger partial charge in [0.1, 0.15) is 5.75 Å². The molecule has 0 saturated heterocycles. The molecular formula is C17H17NO3. The number of fused-ring (bicyclic) bond motifs is 1. The molecule has 0 bridgehead atoms. The highest BCUT2D eigenvalue weighted by molar-refractivity contribution is 5.93. The molecule has 1 atom stereocenters. The third kappa shape index (κ3) is 2.33. The minimum atomic E-state index is -0.906. The summed E-state index contributed by atoms with van der Waals surface area (Å²) in [6.45, 7) is 0. The van der Waals surface area contributed by atoms with Crippen LogP contribution in [0, 0.1) is 0 Å². The highest BCUT2D eigenvalue weighted by Gasteiger charge is 2.27. The SMILES string of the molecule is Nc1ccc2c(O)c(C3CCCC=C3C(=O)O)ccc2c1. The average molecular weight is 283 g/mol. The molecule has 4 nitrogen and oxygen atoms in total. The number of benzene rings is 2. The van der Waals surface area contributed by atoms with Crippen LogP contribution >= 0.6 is 0 Å². The molecule has 2 aromatic rings. The maximum atomic E-state index is 11.4. The summed E-state index contributed by atoms with van der Waals surface area (Å²) in [7, 11) is 0. The molecule has 3 rings (SSSR count). The second kappa shape index (κ2) is 5.13. The number of allylic oxidation sites excluding steroid dienone is 1. The average Bonchev–Trinajstić information content (AvgIpc) is 2.47. The number of anilines is 1. The number of rotatable bonds is 2. The summed E-state index contributed by atoms with van der Waals surface area (Å²) in [5.74, 6) is -0.999. The maximum Gasteiger partial charge on any atom is 0.331 e. The van der Waals surface area contributed by atoms with Crippen LogP contribution < -0.4 is 5.73 Å². The highest BCUT2D eigenvalue weighted by atomic mass is 16.4. The van der Waals surface area contributed by atoms with Crippen LogP contribution in [0.3, 0.4) is 0 Å². The van der Waals surface area contributed by atoms with Crippen molar-refractivity contribution in [1.29, 1.82) is 0 Å². The molecule has 0 amide bonds. The van der Waals surface area contributed by atoms with Crippen molar-refractivity contribution in [1.82, 2.24) is 0 Å². The molecule has 108 valence electrons. The first-order valence-electron chi connectivity index (χ1n) is 7.02. The van der Waals surface area contributed by atoms with E-state index in [1.54, 1.807) is 24.3 Å². The molecule has 21 heavy (non-hydrogen) atoms. The van der Waals surface area contributed by atoms with E-state index in [2.05, 4.69) is 0 Å². The van der Waals surface area contributed by atoms with Crippen molar-refractivity contribution < 1.29 is 15.0 Å². The van der Waals surface area contributed by atoms with Gasteiger partial charge in [-0.2, -0.15) is 0 Å². The van der Waals surface area contributed by atoms with Crippen LogP contribution in [-0.4, -0.2) is 16.2 Å². The standard InChI is InChI=1S/C17H17NO3/c18-11-6-8-12-10(9-11)5-7-14(16(12)19)13-3-1-2-4-15(13)17(20)21/h4-9,13,19H,1-3,18H2,(H,20,21). The zero-order valence-corrected chi connectivity index (χ0v) is 11.5. The summed E-state index contributed by atoms with van der Waals surface area (Å²) in [5, 5.41) is 21.4. The lowest BCUT2D eigenvalue weighted by Crippen LogP contribution is -2.14. The minimum absolute atomic E-state index is 0.159. The molecule has 0 aliphatic heterocycles. The van der Waals surface area contributed by atoms with Gasteiger partial charge in [-0.05, 0) is 42.8 Å². The van der Waals surface area contributed by atoms with Gasteiger partial charge < -0.3 is 15.9 Å². The Morgan fingerprint density at radius 2 is 2.05 bits per heavy atom. The number of hydrogen-bond acceptors (Lipinski definition) is 3. The minimum Gasteiger partial charge on any atom is -0.507 e. The summed E-state index contributed by atoms with van der Waals surface area (Å²) < 4.78 is 0. The van der Waals surface area contributed by atoms with Crippen LogP contribution in [0.1, 0.15) is 30.7 Å². The molecule has 0 saturated carbocycles. The summed E-state index contributed by atoms with van der Waals surface area (Å²) >= 11 is 0. The van der Waals surface area contributed by atoms with Gasteiger partial charge in [-0.1, -0.05) is 18.2 Å². The molecule has 1 unspecified atom stereocenters. The number of aliphatic carboxylic acids is 1. The fraction of sp³-hybridized carbons (Fsp3) is 0.235. The first kappa shape index (κ1) is 13.5. The van der Waals surface area contributed by atoms with Crippen LogP contribution in [0.15, 0.2) is 42.0 Å². The van der Waals surface area contributed by atoms with Crippen molar-refractivity contribution in [3.8, 4) is 5.75 Å². The van der Waals surface area contributed by atoms with Gasteiger partial charge in [-0.15, -0.1) is 0 Å². The fourth-order valence-electron chi connectivity index (χ4n) is 3.07. The second-order valence-electron chi connectivity index (χ2n) is 5.43. The third-order valence-electron chi connectivity index (χ3n) is 4.11. The molecule has 0 heterocycles. The van der Waals surface area contributed by atoms with Crippen molar-refractivity contribution in [2.75, 3.05) is 5.73 Å². The Morgan fingerprint density at radius 1 is 1.24 bits per heavy atom. The van der Waals surface area contributed by atoms with Gasteiger partial charge in [0.2, 0.25) is 0 Å². The first-order valence-corrected chi connectivity index (χ1v) is 7.02. The van der Waals surface area contributed by atoms with E-state index in [1.165, 1.54) is 0 Å². The zero-order valence-electron chi connectivity index (χ0n) is 11.5. The van der Waals surface area contributed by atoms with Gasteiger partial charge in [0, 0.05) is 28.1 Å². The van der Waals surface area contributed by atoms with E-state index in [4.69, 9.17) is 5.73 Å². The quantitative estimate of drug-likeness (QED) is 0.737. The Bertz CT molecular complexity index is 749. The molecule has 2 aromatic carbocycles. The Morgan fingerprint density at radius 3 is 2.81 bits per heavy atom. The number of aromatic hydroxyl groups is 1. The van der Waals surface area contributed by atoms with Crippen LogP contribution in [-0.2, 0) is 4.79 Å². The molecule has 4 N–H and O–H groups in total. The third-order valence-corrected chi connectivity index (χ3v) is 4.11. The zero-order chi connectivity index (χ0) is 15.0. The molecule has 0 spiro atoms. The van der Waals surface area contributed by atoms with Crippen molar-refractivity contribution in [2.45, 2.75) is 25.2 Å². The summed E-state index contributed by atoms with van der Waals surface area (Å²) in [6, 6.07) is 9.00. The predicted molar refractivity (Wildman–Crippen MR) is 82.3 cm³/mol. The second-order valence-corrected chi connectivity index (χ2v) is 5.43. The largest absolute Gasteiger partial charge is 0.507 e. The Balaban J connectivity index is 2.14. The lowest BCUT2D eigenvalue weighted by molar-refractivity contribution is -0.133. The number of carboxylic acid groups (broad SMARTS) is 1. The molecule has 0 aromatic heterocycles. The lowest BCUT2D eigenvalue weighted by atomic mass is 9.81. The van der Waals surface area contributed by atoms with Gasteiger partial charge in [0.25, 0.3) is 0 Å². The van der Waals surface area contributed by atoms with Gasteiger partial charge >= 0.3 is 5.97 Å². The van der Waals surface area contributed by atoms with E-state index in [1.807, 2.05) is 12.1 Å². The Kier molecular flexibility index (Phi) is 3.29. The molecule has 0 fully saturated rings. The summed E-state index contributed by atoms with van der Waals surface area (Å²) in [5.41, 5.74) is 7.45. The fourth-order valence-corrected chi connectivity index (χ4v) is 3.07. The maximum absolute atomic E-state index is 11.4. The number of phenols is 1. The van der Waals surface area contributed by atoms with E-state index in [9.17, 15) is 15.0 Å². The summed E-state index contributed by atoms with van der Waals surface area (Å²) in [4.78, 5) is 11.4. The normalized spacial score (nSPS) is 18.5. The summed E-state index contributed by atoms with van der Waals surface area (Å²) in [6.07, 6.45) is 4.22. The van der Waals surface area contributed by atoms with E-state index >= 15 is 0 Å². The number of nitrogen functional groups attached to an aromatic ring is 1. The van der Waals surface area contributed by atoms with Gasteiger partial charge in [-0.25, -0.2) is 4.79 Å². The number of nitrogens with two attached hydrogens (primary N) is 1. The first-order chi connectivity index (χ1) is 10.1. The van der Waals surface area contributed by atoms with Gasteiger partial charge in [0.15, 0.2) is 0 Å². The van der Waals surface area contributed by atoms with Gasteiger partial charge in [0.05, 0.1) is 0 Å². The number of carbonyl (C=O) groups is 1. The Hall–Kier alpha value is -2.49. The highest BCUT2D eigenvalue weighted by Crippen LogP contribution is 2.41. The van der Waals surface area contributed by atoms with Crippen LogP contribution in [0.4, 0.5) is 5.69 Å². The van der Waals surface area contributed by atoms with Crippen LogP contribution in [0.25, 0.3) is 10.8 Å². The van der Waals surface area contributed by atoms with Crippen molar-refractivity contribution in [3.05, 3.63) is 47.5 Å². The predicted octanol–water partition coefficient (Wildman–Crippen LogP) is 3.41. The van der Waals surface area contributed by atoms with Crippen molar-refractivity contribution >= 4 is 22.4 Å². The van der Waals surface area contributed by atoms with E-state index in [-0.39, 0.29) is 11.7 Å². The van der Waals surface area contributed by atoms with Crippen LogP contribution in [0.5, 0.6) is 5.75 Å². The number of hydrogen-bond donors (Lipinski definition) is 3. The van der Waals surface area contributed by atoms with E-state index < -0.39 is 5.97 Å². The van der Waals surface area contributed by atoms with E-state index in [0.29, 0.717) is 22.2 Å². The van der Waals surface area contributed by atoms with Crippen LogP contribution in [0.2, 0.25) is 0 Å². The molecule has 1 aliphatic carbocycles. The van der Waals surface area contributed by atoms with E-state index in [0.717, 1.165) is 24.6 Å². The molecule has 1 aliphatic rings. The molecule has 0 radical (unpaired) electrons. The Labute approximate surface area is 122 Å². The lowest BCUT2D eigenvalue weighted by Gasteiger charge is -2.23. The smallest absolute Gasteiger partial charge is 0.331 e. The van der Waals surface area contributed by atoms with Crippen molar-refractivity contribution in [3.63, 3.8) is 0 Å². The monoisotopic (exact) mass is 283 g/mol. The van der Waals surface area contributed by atoms with Crippen molar-refractivity contribution in [2.24, 2.45) is 0 Å². The molecular weight excluding hydrogens is 266 g/mol.